The lowest BCUT2D eigenvalue weighted by Gasteiger charge is -2.31. The van der Waals surface area contributed by atoms with Gasteiger partial charge in [-0.3, -0.25) is 9.69 Å². The monoisotopic (exact) mass is 406 g/mol. The fourth-order valence-corrected chi connectivity index (χ4v) is 4.35. The number of anilines is 2. The fourth-order valence-electron chi connectivity index (χ4n) is 3.34. The van der Waals surface area contributed by atoms with Crippen LogP contribution in [0.4, 0.5) is 10.8 Å². The van der Waals surface area contributed by atoms with Gasteiger partial charge in [-0.1, -0.05) is 29.0 Å². The maximum absolute atomic E-state index is 12.0. The number of carbonyl (C=O) groups excluding carboxylic acids is 1. The lowest BCUT2D eigenvalue weighted by molar-refractivity contribution is -0.150. The first kappa shape index (κ1) is 20.0. The maximum Gasteiger partial charge on any atom is 0.310 e. The number of carbonyl (C=O) groups is 1. The van der Waals surface area contributed by atoms with Crippen molar-refractivity contribution in [2.75, 3.05) is 25.0 Å². The molecule has 0 radical (unpaired) electrons. The van der Waals surface area contributed by atoms with Crippen LogP contribution in [0, 0.1) is 23.7 Å². The number of nitrogens with zero attached hydrogens (tertiary/aromatic N) is 3. The highest BCUT2D eigenvalue weighted by Gasteiger charge is 2.27. The van der Waals surface area contributed by atoms with Crippen molar-refractivity contribution >= 4 is 40.3 Å². The van der Waals surface area contributed by atoms with Crippen LogP contribution in [-0.2, 0) is 16.2 Å². The van der Waals surface area contributed by atoms with E-state index in [2.05, 4.69) is 47.4 Å². The van der Waals surface area contributed by atoms with E-state index in [1.54, 1.807) is 0 Å². The zero-order chi connectivity index (χ0) is 19.4. The number of esters is 1. The van der Waals surface area contributed by atoms with Crippen molar-refractivity contribution < 1.29 is 9.53 Å². The quantitative estimate of drug-likeness (QED) is 0.571. The molecule has 1 aliphatic rings. The number of benzene rings is 1. The molecule has 1 N–H and O–H groups in total. The predicted molar refractivity (Wildman–Crippen MR) is 111 cm³/mol. The smallest absolute Gasteiger partial charge is 0.310 e. The van der Waals surface area contributed by atoms with Crippen molar-refractivity contribution in [3.05, 3.63) is 33.3 Å². The van der Waals surface area contributed by atoms with Gasteiger partial charge in [0.15, 0.2) is 3.95 Å². The van der Waals surface area contributed by atoms with Gasteiger partial charge in [-0.15, -0.1) is 5.10 Å². The summed E-state index contributed by atoms with van der Waals surface area (Å²) in [4.78, 5) is 14.3. The molecular weight excluding hydrogens is 380 g/mol. The highest BCUT2D eigenvalue weighted by molar-refractivity contribution is 7.73. The van der Waals surface area contributed by atoms with Crippen LogP contribution in [0.15, 0.2) is 18.2 Å². The van der Waals surface area contributed by atoms with Crippen LogP contribution in [0.5, 0.6) is 0 Å². The number of ether oxygens (including phenoxy) is 1. The van der Waals surface area contributed by atoms with E-state index in [1.165, 1.54) is 22.5 Å². The highest BCUT2D eigenvalue weighted by Crippen LogP contribution is 2.25. The molecule has 3 rings (SSSR count). The number of rotatable bonds is 6. The molecule has 8 heteroatoms. The predicted octanol–water partition coefficient (Wildman–Crippen LogP) is 4.27. The van der Waals surface area contributed by atoms with Crippen molar-refractivity contribution in [2.45, 2.75) is 40.3 Å². The molecule has 1 aromatic heterocycles. The Kier molecular flexibility index (Phi) is 6.62. The zero-order valence-corrected chi connectivity index (χ0v) is 17.7. The average Bonchev–Trinajstić information content (AvgIpc) is 2.97. The molecule has 1 fully saturated rings. The molecule has 27 heavy (non-hydrogen) atoms. The third-order valence-electron chi connectivity index (χ3n) is 4.69. The summed E-state index contributed by atoms with van der Waals surface area (Å²) in [6.07, 6.45) is 1.87. The minimum atomic E-state index is -0.0960. The number of aromatic nitrogens is 2. The van der Waals surface area contributed by atoms with Crippen molar-refractivity contribution in [3.8, 4) is 0 Å². The third kappa shape index (κ3) is 5.15. The van der Waals surface area contributed by atoms with E-state index < -0.39 is 0 Å². The number of aryl methyl sites for hydroxylation is 2. The Morgan fingerprint density at radius 1 is 1.44 bits per heavy atom. The molecule has 0 saturated carbocycles. The number of hydrogen-bond donors (Lipinski definition) is 1. The summed E-state index contributed by atoms with van der Waals surface area (Å²) in [5.41, 5.74) is 3.45. The van der Waals surface area contributed by atoms with Gasteiger partial charge < -0.3 is 10.1 Å². The highest BCUT2D eigenvalue weighted by atomic mass is 32.1. The largest absolute Gasteiger partial charge is 0.466 e. The summed E-state index contributed by atoms with van der Waals surface area (Å²) >= 11 is 6.96. The Labute approximate surface area is 169 Å². The molecule has 0 bridgehead atoms. The standard InChI is InChI=1S/C19H26N4O2S2/c1-4-25-17(24)15-6-5-9-22(11-15)12-23-19(26)27-18(21-23)20-16-8-7-13(2)10-14(16)3/h7-8,10,15H,4-6,9,11-12H2,1-3H3,(H,20,21)/t15-/m1/s1. The molecule has 146 valence electrons. The fraction of sp³-hybridized carbons (Fsp3) is 0.526. The molecule has 2 heterocycles. The van der Waals surface area contributed by atoms with Crippen molar-refractivity contribution in [2.24, 2.45) is 5.92 Å². The summed E-state index contributed by atoms with van der Waals surface area (Å²) in [7, 11) is 0. The summed E-state index contributed by atoms with van der Waals surface area (Å²) < 4.78 is 7.73. The molecule has 0 spiro atoms. The summed E-state index contributed by atoms with van der Waals surface area (Å²) in [5, 5.41) is 8.78. The van der Waals surface area contributed by atoms with Crippen LogP contribution >= 0.6 is 23.6 Å². The third-order valence-corrected chi connectivity index (χ3v) is 5.91. The normalized spacial score (nSPS) is 17.7. The minimum Gasteiger partial charge on any atom is -0.466 e. The van der Waals surface area contributed by atoms with E-state index in [9.17, 15) is 4.79 Å². The van der Waals surface area contributed by atoms with Crippen LogP contribution in [0.3, 0.4) is 0 Å². The average molecular weight is 407 g/mol. The lowest BCUT2D eigenvalue weighted by Crippen LogP contribution is -2.40. The van der Waals surface area contributed by atoms with Crippen molar-refractivity contribution in [1.29, 1.82) is 0 Å². The van der Waals surface area contributed by atoms with Gasteiger partial charge >= 0.3 is 5.97 Å². The van der Waals surface area contributed by atoms with Crippen molar-refractivity contribution in [1.82, 2.24) is 14.7 Å². The Hall–Kier alpha value is -1.77. The molecule has 6 nitrogen and oxygen atoms in total. The second-order valence-electron chi connectivity index (χ2n) is 6.93. The molecule has 0 aliphatic carbocycles. The van der Waals surface area contributed by atoms with Gasteiger partial charge in [-0.25, -0.2) is 4.68 Å². The Morgan fingerprint density at radius 3 is 3.00 bits per heavy atom. The van der Waals surface area contributed by atoms with E-state index in [0.29, 0.717) is 19.8 Å². The van der Waals surface area contributed by atoms with Gasteiger partial charge in [0.05, 0.1) is 19.2 Å². The lowest BCUT2D eigenvalue weighted by atomic mass is 9.99. The van der Waals surface area contributed by atoms with Gasteiger partial charge in [0.1, 0.15) is 0 Å². The molecule has 1 aliphatic heterocycles. The van der Waals surface area contributed by atoms with E-state index in [-0.39, 0.29) is 11.9 Å². The van der Waals surface area contributed by atoms with Crippen molar-refractivity contribution in [3.63, 3.8) is 0 Å². The Balaban J connectivity index is 1.66. The number of hydrogen-bond acceptors (Lipinski definition) is 7. The number of likely N-dealkylation sites (tertiary alicyclic amines) is 1. The van der Waals surface area contributed by atoms with Gasteiger partial charge in [0.2, 0.25) is 5.13 Å². The maximum atomic E-state index is 12.0. The zero-order valence-electron chi connectivity index (χ0n) is 16.0. The second kappa shape index (κ2) is 8.95. The van der Waals surface area contributed by atoms with Gasteiger partial charge in [0, 0.05) is 12.2 Å². The first-order valence-electron chi connectivity index (χ1n) is 9.27. The molecule has 1 saturated heterocycles. The van der Waals surface area contributed by atoms with E-state index in [1.807, 2.05) is 11.6 Å². The number of nitrogens with one attached hydrogen (secondary N) is 1. The summed E-state index contributed by atoms with van der Waals surface area (Å²) in [6.45, 7) is 8.66. The molecule has 0 amide bonds. The van der Waals surface area contributed by atoms with E-state index >= 15 is 0 Å². The SMILES string of the molecule is CCOC(=O)[C@@H]1CCCN(Cn2nc(Nc3ccc(C)cc3C)sc2=S)C1. The van der Waals surface area contributed by atoms with Gasteiger partial charge in [0.25, 0.3) is 0 Å². The van der Waals surface area contributed by atoms with Crippen LogP contribution in [-0.4, -0.2) is 40.3 Å². The van der Waals surface area contributed by atoms with Crippen LogP contribution in [0.2, 0.25) is 0 Å². The molecule has 1 aromatic carbocycles. The summed E-state index contributed by atoms with van der Waals surface area (Å²) in [6, 6.07) is 6.28. The first-order valence-corrected chi connectivity index (χ1v) is 10.5. The van der Waals surface area contributed by atoms with Gasteiger partial charge in [-0.2, -0.15) is 0 Å². The molecular formula is C19H26N4O2S2. The first-order chi connectivity index (χ1) is 13.0. The Bertz CT molecular complexity index is 862. The van der Waals surface area contributed by atoms with Crippen LogP contribution < -0.4 is 5.32 Å². The molecule has 0 unspecified atom stereocenters. The van der Waals surface area contributed by atoms with Crippen LogP contribution in [0.1, 0.15) is 30.9 Å². The topological polar surface area (TPSA) is 59.4 Å². The number of piperidine rings is 1. The van der Waals surface area contributed by atoms with Crippen LogP contribution in [0.25, 0.3) is 0 Å². The van der Waals surface area contributed by atoms with Gasteiger partial charge in [-0.05, 0) is 64.0 Å². The molecule has 1 atom stereocenters. The second-order valence-corrected chi connectivity index (χ2v) is 8.55. The molecule has 2 aromatic rings. The van der Waals surface area contributed by atoms with E-state index in [4.69, 9.17) is 17.0 Å². The van der Waals surface area contributed by atoms with E-state index in [0.717, 1.165) is 34.2 Å². The Morgan fingerprint density at radius 2 is 2.26 bits per heavy atom. The minimum absolute atomic E-state index is 0.0562. The summed E-state index contributed by atoms with van der Waals surface area (Å²) in [5.74, 6) is -0.152.